The Kier molecular flexibility index (Phi) is 14.4. The van der Waals surface area contributed by atoms with Gasteiger partial charge in [0.05, 0.1) is 58.4 Å². The summed E-state index contributed by atoms with van der Waals surface area (Å²) in [5.41, 5.74) is 15.4. The van der Waals surface area contributed by atoms with E-state index < -0.39 is 13.7 Å². The average Bonchev–Trinajstić information content (AvgIpc) is 4.22. The number of rotatable bonds is 14. The van der Waals surface area contributed by atoms with Crippen LogP contribution in [0.2, 0.25) is 0 Å². The number of benzene rings is 8. The summed E-state index contributed by atoms with van der Waals surface area (Å²) in [6, 6.07) is 71.6. The van der Waals surface area contributed by atoms with Gasteiger partial charge in [0, 0.05) is 22.2 Å². The van der Waals surface area contributed by atoms with Crippen molar-refractivity contribution in [1.82, 2.24) is 28.9 Å². The first-order chi connectivity index (χ1) is 40.2. The Balaban J connectivity index is 1.44. The number of aromatic nitrogens is 6. The predicted molar refractivity (Wildman–Crippen MR) is 333 cm³/mol. The minimum Gasteiger partial charge on any atom is -0.494 e. The van der Waals surface area contributed by atoms with Gasteiger partial charge in [-0.15, -0.1) is 0 Å². The Morgan fingerprint density at radius 1 is 0.427 bits per heavy atom. The van der Waals surface area contributed by atoms with Crippen molar-refractivity contribution in [2.75, 3.05) is 13.2 Å². The van der Waals surface area contributed by atoms with Gasteiger partial charge in [0.1, 0.15) is 46.2 Å². The van der Waals surface area contributed by atoms with Gasteiger partial charge < -0.3 is 18.4 Å². The van der Waals surface area contributed by atoms with Gasteiger partial charge in [0.2, 0.25) is 0 Å². The molecule has 0 fully saturated rings. The monoisotopic (exact) mass is 1060 g/mol. The number of nitriles is 2. The summed E-state index contributed by atoms with van der Waals surface area (Å²) in [6.07, 6.45) is 3.45. The number of ether oxygens (including phenoxy) is 2. The molecule has 8 aromatic carbocycles. The molecule has 10 nitrogen and oxygen atoms in total. The molecule has 12 rings (SSSR count). The SMILES string of the molecule is CCOc1ccc(-c2c3/c(=C(\C#N)c4cnc5cc(C)c(C)cc5n4)n(B(c4ccccc4)c4ccccc4)c(-c4ccc(OCC)cc4)c3/c(=C(\C#N)c3cnc4cc(C)c(C)cc4n3)n2B(c2ccccc2)c2ccccc2)cc1. The molecule has 12 aromatic rings. The smallest absolute Gasteiger partial charge is 0.328 e. The van der Waals surface area contributed by atoms with Crippen LogP contribution >= 0.6 is 0 Å². The van der Waals surface area contributed by atoms with E-state index in [0.717, 1.165) is 77.7 Å². The first-order valence-corrected chi connectivity index (χ1v) is 27.7. The van der Waals surface area contributed by atoms with Gasteiger partial charge in [-0.2, -0.15) is 10.5 Å². The highest BCUT2D eigenvalue weighted by Crippen LogP contribution is 2.38. The van der Waals surface area contributed by atoms with Crippen molar-refractivity contribution >= 4 is 79.5 Å². The van der Waals surface area contributed by atoms with Crippen molar-refractivity contribution in [3.05, 3.63) is 251 Å². The Morgan fingerprint density at radius 2 is 0.732 bits per heavy atom. The quantitative estimate of drug-likeness (QED) is 0.0986. The highest BCUT2D eigenvalue weighted by Gasteiger charge is 2.37. The summed E-state index contributed by atoms with van der Waals surface area (Å²) in [7, 11) is 0. The fourth-order valence-electron chi connectivity index (χ4n) is 11.5. The normalized spacial score (nSPS) is 12.0. The third kappa shape index (κ3) is 9.54. The van der Waals surface area contributed by atoms with Gasteiger partial charge in [-0.25, -0.2) is 9.97 Å². The van der Waals surface area contributed by atoms with Crippen LogP contribution in [0.25, 0.3) is 66.5 Å². The number of aryl methyl sites for hydroxylation is 4. The molecule has 394 valence electrons. The highest BCUT2D eigenvalue weighted by molar-refractivity contribution is 6.85. The lowest BCUT2D eigenvalue weighted by Gasteiger charge is -2.24. The van der Waals surface area contributed by atoms with Gasteiger partial charge in [-0.05, 0) is 148 Å². The second-order valence-corrected chi connectivity index (χ2v) is 20.6. The predicted octanol–water partition coefficient (Wildman–Crippen LogP) is 10.4. The molecule has 0 unspecified atom stereocenters. The largest absolute Gasteiger partial charge is 0.494 e. The van der Waals surface area contributed by atoms with Crippen LogP contribution in [-0.2, 0) is 0 Å². The van der Waals surface area contributed by atoms with Crippen molar-refractivity contribution in [3.8, 4) is 46.2 Å². The van der Waals surface area contributed by atoms with E-state index in [1.54, 1.807) is 12.4 Å². The maximum absolute atomic E-state index is 12.4. The first kappa shape index (κ1) is 52.4. The van der Waals surface area contributed by atoms with Crippen LogP contribution in [-0.4, -0.2) is 55.8 Å². The number of hydrogen-bond acceptors (Lipinski definition) is 8. The van der Waals surface area contributed by atoms with Gasteiger partial charge in [0.15, 0.2) is 0 Å². The van der Waals surface area contributed by atoms with Gasteiger partial charge in [0.25, 0.3) is 0 Å². The average molecular weight is 1060 g/mol. The van der Waals surface area contributed by atoms with E-state index in [9.17, 15) is 10.5 Å². The van der Waals surface area contributed by atoms with Gasteiger partial charge >= 0.3 is 13.7 Å². The van der Waals surface area contributed by atoms with Crippen LogP contribution < -0.4 is 42.0 Å². The molecule has 0 amide bonds. The second kappa shape index (κ2) is 22.5. The fraction of sp³-hybridized carbons (Fsp3) is 0.114. The molecule has 4 heterocycles. The van der Waals surface area contributed by atoms with Crippen molar-refractivity contribution < 1.29 is 9.47 Å². The van der Waals surface area contributed by atoms with Crippen LogP contribution in [0.1, 0.15) is 47.5 Å². The van der Waals surface area contributed by atoms with E-state index in [-0.39, 0.29) is 11.1 Å². The molecule has 4 aromatic heterocycles. The summed E-state index contributed by atoms with van der Waals surface area (Å²) >= 11 is 0. The van der Waals surface area contributed by atoms with Crippen LogP contribution in [0.3, 0.4) is 0 Å². The molecule has 0 spiro atoms. The van der Waals surface area contributed by atoms with Crippen molar-refractivity contribution in [3.63, 3.8) is 0 Å². The minimum atomic E-state index is -0.571. The van der Waals surface area contributed by atoms with Crippen LogP contribution in [0.15, 0.2) is 207 Å². The van der Waals surface area contributed by atoms with E-state index in [1.807, 2.05) is 86.6 Å². The molecule has 0 radical (unpaired) electrons. The molecule has 0 atom stereocenters. The lowest BCUT2D eigenvalue weighted by molar-refractivity contribution is 0.340. The minimum absolute atomic E-state index is 0.286. The molecule has 0 aliphatic heterocycles. The Bertz CT molecular complexity index is 4220. The zero-order chi connectivity index (χ0) is 56.4. The van der Waals surface area contributed by atoms with Crippen molar-refractivity contribution in [2.45, 2.75) is 41.5 Å². The molecule has 0 aliphatic carbocycles. The topological polar surface area (TPSA) is 127 Å². The third-order valence-electron chi connectivity index (χ3n) is 15.5. The summed E-state index contributed by atoms with van der Waals surface area (Å²) in [6.45, 7) is 12.0. The Hall–Kier alpha value is -10.3. The summed E-state index contributed by atoms with van der Waals surface area (Å²) in [4.78, 5) is 20.9. The van der Waals surface area contributed by atoms with E-state index in [1.165, 1.54) is 0 Å². The summed E-state index contributed by atoms with van der Waals surface area (Å²) < 4.78 is 16.9. The van der Waals surface area contributed by atoms with E-state index in [0.29, 0.717) is 68.6 Å². The van der Waals surface area contributed by atoms with Crippen LogP contribution in [0.5, 0.6) is 11.5 Å². The molecule has 12 heteroatoms. The molecule has 0 bridgehead atoms. The summed E-state index contributed by atoms with van der Waals surface area (Å²) in [5, 5.41) is 27.3. The zero-order valence-corrected chi connectivity index (χ0v) is 46.6. The first-order valence-electron chi connectivity index (χ1n) is 27.7. The molecular weight excluding hydrogens is 1010 g/mol. The summed E-state index contributed by atoms with van der Waals surface area (Å²) in [5.74, 6) is 1.40. The highest BCUT2D eigenvalue weighted by atomic mass is 16.5. The fourth-order valence-corrected chi connectivity index (χ4v) is 11.5. The van der Waals surface area contributed by atoms with E-state index >= 15 is 0 Å². The van der Waals surface area contributed by atoms with Crippen LogP contribution in [0, 0.1) is 50.4 Å². The maximum Gasteiger partial charge on any atom is 0.328 e. The molecule has 0 saturated heterocycles. The van der Waals surface area contributed by atoms with Crippen molar-refractivity contribution in [2.24, 2.45) is 0 Å². The standard InChI is InChI=1S/C70H56B2N8O2/c1-7-81-55-33-29-49(30-34-55)67-65-66(70(58(42-74)64-44-76-60-38-46(4)48(6)40-62(60)78-64)79(67)71(51-21-13-9-14-22-51)52-23-15-10-16-24-52)68(50-31-35-56(36-32-50)82-8-2)80(72(53-25-17-11-18-26-53)54-27-19-12-20-28-54)69(65)57(41-73)63-43-75-59-37-45(3)47(5)39-61(59)77-63/h9-40,43-44H,7-8H2,1-6H3/b69-57-,70-58-. The Morgan fingerprint density at radius 3 is 1.02 bits per heavy atom. The Labute approximate surface area is 477 Å². The number of nitrogens with zero attached hydrogens (tertiary/aromatic N) is 8. The second-order valence-electron chi connectivity index (χ2n) is 20.6. The molecule has 82 heavy (non-hydrogen) atoms. The lowest BCUT2D eigenvalue weighted by atomic mass is 9.50. The van der Waals surface area contributed by atoms with Gasteiger partial charge in [-0.3, -0.25) is 9.97 Å². The van der Waals surface area contributed by atoms with Crippen LogP contribution in [0.4, 0.5) is 0 Å². The lowest BCUT2D eigenvalue weighted by Crippen LogP contribution is -2.54. The number of fused-ring (bicyclic) bond motifs is 3. The van der Waals surface area contributed by atoms with E-state index in [4.69, 9.17) is 29.4 Å². The molecular formula is C70H56B2N8O2. The molecule has 0 N–H and O–H groups in total. The third-order valence-corrected chi connectivity index (χ3v) is 15.5. The zero-order valence-electron chi connectivity index (χ0n) is 46.6. The maximum atomic E-state index is 12.4. The van der Waals surface area contributed by atoms with Gasteiger partial charge in [-0.1, -0.05) is 143 Å². The number of hydrogen-bond donors (Lipinski definition) is 0. The van der Waals surface area contributed by atoms with Crippen molar-refractivity contribution in [1.29, 1.82) is 10.5 Å². The van der Waals surface area contributed by atoms with E-state index in [2.05, 4.69) is 170 Å². The molecule has 0 saturated carbocycles. The molecule has 0 aliphatic rings.